The molecule has 2 rings (SSSR count). The van der Waals surface area contributed by atoms with E-state index in [9.17, 15) is 18.0 Å². The Morgan fingerprint density at radius 2 is 1.83 bits per heavy atom. The standard InChI is InChI=1S/C13H18N2O2.C2HF3O2/c1-2-17-13(16)11-6-7-12(14-10-11)15-8-4-3-5-9-15;3-2(4,5)1(6)7/h6-7,10H,2-5,8-9H2,1H3;(H,6,7). The average molecular weight is 348 g/mol. The fourth-order valence-corrected chi connectivity index (χ4v) is 2.03. The lowest BCUT2D eigenvalue weighted by Crippen LogP contribution is -2.30. The predicted octanol–water partition coefficient (Wildman–Crippen LogP) is 2.88. The van der Waals surface area contributed by atoms with Crippen molar-refractivity contribution < 1.29 is 32.6 Å². The van der Waals surface area contributed by atoms with Crippen LogP contribution in [0.5, 0.6) is 0 Å². The smallest absolute Gasteiger partial charge is 0.475 e. The number of carbonyl (C=O) groups is 2. The lowest BCUT2D eigenvalue weighted by Gasteiger charge is -2.27. The molecule has 1 aliphatic heterocycles. The zero-order valence-corrected chi connectivity index (χ0v) is 13.2. The van der Waals surface area contributed by atoms with E-state index in [2.05, 4.69) is 9.88 Å². The number of aliphatic carboxylic acids is 1. The number of ether oxygens (including phenoxy) is 1. The number of anilines is 1. The summed E-state index contributed by atoms with van der Waals surface area (Å²) in [6, 6.07) is 3.69. The van der Waals surface area contributed by atoms with E-state index in [4.69, 9.17) is 14.6 Å². The minimum Gasteiger partial charge on any atom is -0.475 e. The van der Waals surface area contributed by atoms with Gasteiger partial charge in [0.1, 0.15) is 5.82 Å². The lowest BCUT2D eigenvalue weighted by molar-refractivity contribution is -0.192. The highest BCUT2D eigenvalue weighted by molar-refractivity contribution is 5.89. The summed E-state index contributed by atoms with van der Waals surface area (Å²) in [5.74, 6) is -2.10. The Morgan fingerprint density at radius 1 is 1.25 bits per heavy atom. The molecule has 1 N–H and O–H groups in total. The van der Waals surface area contributed by atoms with Gasteiger partial charge >= 0.3 is 18.1 Å². The van der Waals surface area contributed by atoms with E-state index in [-0.39, 0.29) is 5.97 Å². The molecule has 1 aromatic rings. The Kier molecular flexibility index (Phi) is 7.47. The number of carboxylic acids is 1. The third-order valence-corrected chi connectivity index (χ3v) is 3.18. The maximum atomic E-state index is 11.5. The Morgan fingerprint density at radius 3 is 2.25 bits per heavy atom. The van der Waals surface area contributed by atoms with Gasteiger partial charge in [-0.05, 0) is 38.3 Å². The van der Waals surface area contributed by atoms with E-state index >= 15 is 0 Å². The molecule has 0 unspecified atom stereocenters. The van der Waals surface area contributed by atoms with Crippen LogP contribution in [0.25, 0.3) is 0 Å². The van der Waals surface area contributed by atoms with Crippen molar-refractivity contribution in [3.8, 4) is 0 Å². The molecule has 1 saturated heterocycles. The summed E-state index contributed by atoms with van der Waals surface area (Å²) in [4.78, 5) is 26.9. The maximum Gasteiger partial charge on any atom is 0.490 e. The maximum absolute atomic E-state index is 11.5. The Bertz CT molecular complexity index is 541. The van der Waals surface area contributed by atoms with Gasteiger partial charge in [0.15, 0.2) is 0 Å². The lowest BCUT2D eigenvalue weighted by atomic mass is 10.1. The molecule has 0 aliphatic carbocycles. The van der Waals surface area contributed by atoms with Gasteiger partial charge in [0, 0.05) is 19.3 Å². The van der Waals surface area contributed by atoms with E-state index in [1.54, 1.807) is 19.2 Å². The third kappa shape index (κ3) is 6.43. The number of hydrogen-bond acceptors (Lipinski definition) is 5. The second kappa shape index (κ2) is 9.09. The number of hydrogen-bond donors (Lipinski definition) is 1. The van der Waals surface area contributed by atoms with Crippen LogP contribution in [0.15, 0.2) is 18.3 Å². The summed E-state index contributed by atoms with van der Waals surface area (Å²) in [5, 5.41) is 7.12. The normalized spacial score (nSPS) is 14.4. The summed E-state index contributed by atoms with van der Waals surface area (Å²) in [5.41, 5.74) is 0.521. The molecular formula is C15H19F3N2O4. The summed E-state index contributed by atoms with van der Waals surface area (Å²) in [6.45, 7) is 4.32. The first kappa shape index (κ1) is 19.7. The SMILES string of the molecule is CCOC(=O)c1ccc(N2CCCCC2)nc1.O=C(O)C(F)(F)F. The number of esters is 1. The van der Waals surface area contributed by atoms with E-state index in [0.29, 0.717) is 12.2 Å². The highest BCUT2D eigenvalue weighted by atomic mass is 19.4. The number of piperidine rings is 1. The molecule has 0 aromatic carbocycles. The van der Waals surface area contributed by atoms with Crippen LogP contribution >= 0.6 is 0 Å². The molecule has 0 amide bonds. The van der Waals surface area contributed by atoms with Gasteiger partial charge in [-0.3, -0.25) is 0 Å². The Labute approximate surface area is 137 Å². The van der Waals surface area contributed by atoms with E-state index in [0.717, 1.165) is 18.9 Å². The molecule has 6 nitrogen and oxygen atoms in total. The number of nitrogens with zero attached hydrogens (tertiary/aromatic N) is 2. The second-order valence-electron chi connectivity index (χ2n) is 4.98. The molecule has 0 atom stereocenters. The number of carbonyl (C=O) groups excluding carboxylic acids is 1. The van der Waals surface area contributed by atoms with Gasteiger partial charge in [-0.2, -0.15) is 13.2 Å². The minimum absolute atomic E-state index is 0.301. The van der Waals surface area contributed by atoms with Crippen LogP contribution in [0.4, 0.5) is 19.0 Å². The fraction of sp³-hybridized carbons (Fsp3) is 0.533. The molecule has 0 spiro atoms. The zero-order valence-electron chi connectivity index (χ0n) is 13.2. The molecule has 0 bridgehead atoms. The number of aromatic nitrogens is 1. The molecule has 1 fully saturated rings. The third-order valence-electron chi connectivity index (χ3n) is 3.18. The first-order valence-corrected chi connectivity index (χ1v) is 7.44. The topological polar surface area (TPSA) is 79.7 Å². The van der Waals surface area contributed by atoms with Crippen molar-refractivity contribution in [3.05, 3.63) is 23.9 Å². The number of pyridine rings is 1. The monoisotopic (exact) mass is 348 g/mol. The van der Waals surface area contributed by atoms with Gasteiger partial charge in [0.2, 0.25) is 0 Å². The molecule has 134 valence electrons. The number of halogens is 3. The highest BCUT2D eigenvalue weighted by Crippen LogP contribution is 2.17. The summed E-state index contributed by atoms with van der Waals surface area (Å²) in [6.07, 6.45) is 0.266. The van der Waals surface area contributed by atoms with Crippen molar-refractivity contribution in [3.63, 3.8) is 0 Å². The van der Waals surface area contributed by atoms with Gasteiger partial charge in [-0.15, -0.1) is 0 Å². The molecule has 9 heteroatoms. The fourth-order valence-electron chi connectivity index (χ4n) is 2.03. The van der Waals surface area contributed by atoms with Crippen LogP contribution in [-0.2, 0) is 9.53 Å². The number of carboxylic acid groups (broad SMARTS) is 1. The number of rotatable bonds is 3. The second-order valence-corrected chi connectivity index (χ2v) is 4.98. The van der Waals surface area contributed by atoms with Crippen molar-refractivity contribution in [2.75, 3.05) is 24.6 Å². The summed E-state index contributed by atoms with van der Waals surface area (Å²) >= 11 is 0. The van der Waals surface area contributed by atoms with Crippen LogP contribution in [0, 0.1) is 0 Å². The van der Waals surface area contributed by atoms with Crippen molar-refractivity contribution in [1.29, 1.82) is 0 Å². The van der Waals surface area contributed by atoms with Crippen LogP contribution in [0.3, 0.4) is 0 Å². The molecule has 0 saturated carbocycles. The first-order chi connectivity index (χ1) is 11.3. The van der Waals surface area contributed by atoms with E-state index in [1.165, 1.54) is 19.3 Å². The van der Waals surface area contributed by atoms with Gasteiger partial charge in [-0.1, -0.05) is 0 Å². The summed E-state index contributed by atoms with van der Waals surface area (Å²) < 4.78 is 36.7. The van der Waals surface area contributed by atoms with Crippen LogP contribution in [0.1, 0.15) is 36.5 Å². The van der Waals surface area contributed by atoms with Crippen molar-refractivity contribution >= 4 is 17.8 Å². The Balaban J connectivity index is 0.000000351. The summed E-state index contributed by atoms with van der Waals surface area (Å²) in [7, 11) is 0. The van der Waals surface area contributed by atoms with Gasteiger partial charge in [-0.25, -0.2) is 14.6 Å². The first-order valence-electron chi connectivity index (χ1n) is 7.44. The van der Waals surface area contributed by atoms with Crippen LogP contribution in [-0.4, -0.2) is 47.9 Å². The minimum atomic E-state index is -5.08. The van der Waals surface area contributed by atoms with Crippen molar-refractivity contribution in [2.24, 2.45) is 0 Å². The molecule has 0 radical (unpaired) electrons. The molecule has 1 aromatic heterocycles. The highest BCUT2D eigenvalue weighted by Gasteiger charge is 2.38. The molecule has 2 heterocycles. The van der Waals surface area contributed by atoms with Gasteiger partial charge < -0.3 is 14.7 Å². The molecule has 1 aliphatic rings. The largest absolute Gasteiger partial charge is 0.490 e. The quantitative estimate of drug-likeness (QED) is 0.846. The van der Waals surface area contributed by atoms with Crippen molar-refractivity contribution in [1.82, 2.24) is 4.98 Å². The van der Waals surface area contributed by atoms with Gasteiger partial charge in [0.05, 0.1) is 12.2 Å². The van der Waals surface area contributed by atoms with Crippen LogP contribution < -0.4 is 4.90 Å². The van der Waals surface area contributed by atoms with Crippen LogP contribution in [0.2, 0.25) is 0 Å². The molecular weight excluding hydrogens is 329 g/mol. The van der Waals surface area contributed by atoms with Crippen molar-refractivity contribution in [2.45, 2.75) is 32.4 Å². The Hall–Kier alpha value is -2.32. The predicted molar refractivity (Wildman–Crippen MR) is 79.9 cm³/mol. The van der Waals surface area contributed by atoms with Gasteiger partial charge in [0.25, 0.3) is 0 Å². The average Bonchev–Trinajstić information content (AvgIpc) is 2.56. The van der Waals surface area contributed by atoms with E-state index < -0.39 is 12.1 Å². The molecule has 24 heavy (non-hydrogen) atoms. The van der Waals surface area contributed by atoms with E-state index in [1.807, 2.05) is 6.07 Å². The number of alkyl halides is 3. The zero-order chi connectivity index (χ0) is 18.2.